The summed E-state index contributed by atoms with van der Waals surface area (Å²) >= 11 is 0. The maximum absolute atomic E-state index is 4.96. The highest BCUT2D eigenvalue weighted by molar-refractivity contribution is 6.15. The van der Waals surface area contributed by atoms with Gasteiger partial charge in [-0.3, -0.25) is 9.97 Å². The molecule has 0 amide bonds. The van der Waals surface area contributed by atoms with E-state index in [1.165, 1.54) is 43.4 Å². The third-order valence-corrected chi connectivity index (χ3v) is 8.68. The van der Waals surface area contributed by atoms with Gasteiger partial charge >= 0.3 is 0 Å². The second kappa shape index (κ2) is 9.37. The van der Waals surface area contributed by atoms with Crippen LogP contribution in [-0.2, 0) is 0 Å². The van der Waals surface area contributed by atoms with Crippen molar-refractivity contribution in [3.8, 4) is 27.9 Å². The van der Waals surface area contributed by atoms with Crippen molar-refractivity contribution in [2.45, 2.75) is 0 Å². The topological polar surface area (TPSA) is 30.7 Å². The zero-order valence-corrected chi connectivity index (χ0v) is 23.3. The Morgan fingerprint density at radius 3 is 1.81 bits per heavy atom. The molecule has 0 fully saturated rings. The quantitative estimate of drug-likeness (QED) is 0.220. The van der Waals surface area contributed by atoms with Gasteiger partial charge < -0.3 is 4.57 Å². The first-order valence-corrected chi connectivity index (χ1v) is 14.6. The van der Waals surface area contributed by atoms with E-state index in [2.05, 4.69) is 144 Å². The molecule has 43 heavy (non-hydrogen) atoms. The monoisotopic (exact) mass is 547 g/mol. The molecule has 0 unspecified atom stereocenters. The highest BCUT2D eigenvalue weighted by Gasteiger charge is 2.19. The summed E-state index contributed by atoms with van der Waals surface area (Å²) in [5.74, 6) is 0. The van der Waals surface area contributed by atoms with Gasteiger partial charge in [0.2, 0.25) is 0 Å². The first-order chi connectivity index (χ1) is 21.3. The lowest BCUT2D eigenvalue weighted by Crippen LogP contribution is -1.99. The predicted molar refractivity (Wildman–Crippen MR) is 180 cm³/mol. The Kier molecular flexibility index (Phi) is 5.20. The van der Waals surface area contributed by atoms with Gasteiger partial charge in [-0.25, -0.2) is 0 Å². The molecule has 3 nitrogen and oxygen atoms in total. The Morgan fingerprint density at radius 1 is 0.395 bits per heavy atom. The lowest BCUT2D eigenvalue weighted by Gasteiger charge is -2.16. The minimum atomic E-state index is 0.882. The minimum absolute atomic E-state index is 0.882. The van der Waals surface area contributed by atoms with Crippen molar-refractivity contribution in [2.24, 2.45) is 0 Å². The molecular formula is C40H25N3. The fourth-order valence-electron chi connectivity index (χ4n) is 6.76. The Hall–Kier alpha value is -5.80. The third kappa shape index (κ3) is 3.62. The van der Waals surface area contributed by atoms with Gasteiger partial charge in [-0.15, -0.1) is 0 Å². The van der Waals surface area contributed by atoms with E-state index in [1.807, 2.05) is 0 Å². The van der Waals surface area contributed by atoms with Crippen LogP contribution in [0.1, 0.15) is 0 Å². The van der Waals surface area contributed by atoms with Crippen LogP contribution in [0.25, 0.3) is 82.3 Å². The van der Waals surface area contributed by atoms with Gasteiger partial charge in [0.1, 0.15) is 5.52 Å². The van der Waals surface area contributed by atoms with Gasteiger partial charge in [0.25, 0.3) is 0 Å². The van der Waals surface area contributed by atoms with Gasteiger partial charge in [-0.05, 0) is 68.6 Å². The molecule has 2 aromatic heterocycles. The summed E-state index contributed by atoms with van der Waals surface area (Å²) in [5, 5.41) is 7.35. The molecule has 0 bridgehead atoms. The van der Waals surface area contributed by atoms with Crippen LogP contribution >= 0.6 is 0 Å². The minimum Gasteiger partial charge on any atom is -0.307 e. The lowest BCUT2D eigenvalue weighted by molar-refractivity contribution is 1.17. The molecule has 3 heteroatoms. The number of benzene rings is 7. The highest BCUT2D eigenvalue weighted by atomic mass is 15.0. The maximum Gasteiger partial charge on any atom is 0.113 e. The van der Waals surface area contributed by atoms with E-state index in [1.54, 1.807) is 12.4 Å². The molecule has 0 spiro atoms. The fourth-order valence-corrected chi connectivity index (χ4v) is 6.76. The van der Waals surface area contributed by atoms with E-state index < -0.39 is 0 Å². The number of aromatic nitrogens is 3. The molecule has 0 saturated heterocycles. The molecular weight excluding hydrogens is 522 g/mol. The average Bonchev–Trinajstić information content (AvgIpc) is 3.39. The molecule has 9 aromatic rings. The molecule has 0 aliphatic carbocycles. The molecule has 0 N–H and O–H groups in total. The number of fused-ring (bicyclic) bond motifs is 6. The molecule has 7 aromatic carbocycles. The first-order valence-electron chi connectivity index (χ1n) is 14.6. The van der Waals surface area contributed by atoms with Gasteiger partial charge in [0.15, 0.2) is 0 Å². The van der Waals surface area contributed by atoms with Crippen molar-refractivity contribution >= 4 is 54.4 Å². The van der Waals surface area contributed by atoms with Gasteiger partial charge in [-0.2, -0.15) is 0 Å². The number of para-hydroxylation sites is 1. The predicted octanol–water partition coefficient (Wildman–Crippen LogP) is 10.4. The van der Waals surface area contributed by atoms with Crippen LogP contribution in [0.5, 0.6) is 0 Å². The normalized spacial score (nSPS) is 11.7. The van der Waals surface area contributed by atoms with E-state index >= 15 is 0 Å². The van der Waals surface area contributed by atoms with Crippen molar-refractivity contribution in [3.05, 3.63) is 152 Å². The first kappa shape index (κ1) is 23.9. The number of hydrogen-bond donors (Lipinski definition) is 0. The summed E-state index contributed by atoms with van der Waals surface area (Å²) in [6.45, 7) is 0. The van der Waals surface area contributed by atoms with Crippen molar-refractivity contribution in [2.75, 3.05) is 0 Å². The van der Waals surface area contributed by atoms with Crippen molar-refractivity contribution in [1.82, 2.24) is 14.5 Å². The van der Waals surface area contributed by atoms with E-state index in [-0.39, 0.29) is 0 Å². The van der Waals surface area contributed by atoms with E-state index in [9.17, 15) is 0 Å². The second-order valence-corrected chi connectivity index (χ2v) is 11.0. The van der Waals surface area contributed by atoms with Crippen LogP contribution < -0.4 is 0 Å². The van der Waals surface area contributed by atoms with Crippen LogP contribution in [0, 0.1) is 0 Å². The molecule has 0 aliphatic rings. The zero-order chi connectivity index (χ0) is 28.3. The van der Waals surface area contributed by atoms with E-state index in [0.717, 1.165) is 38.9 Å². The van der Waals surface area contributed by atoms with Crippen LogP contribution in [0.2, 0.25) is 0 Å². The zero-order valence-electron chi connectivity index (χ0n) is 23.3. The largest absolute Gasteiger partial charge is 0.307 e. The van der Waals surface area contributed by atoms with E-state index in [4.69, 9.17) is 9.97 Å². The molecule has 2 heterocycles. The molecule has 200 valence electrons. The Labute approximate surface area is 248 Å². The SMILES string of the molecule is c1ccc(-c2ccc(-c3ccc(-n4c5ccccc5c5cc6ccccc6cc54)c4nccnc34)c3ccccc23)cc1. The summed E-state index contributed by atoms with van der Waals surface area (Å²) in [7, 11) is 0. The van der Waals surface area contributed by atoms with Crippen LogP contribution in [-0.4, -0.2) is 14.5 Å². The number of rotatable bonds is 3. The third-order valence-electron chi connectivity index (χ3n) is 8.68. The summed E-state index contributed by atoms with van der Waals surface area (Å²) in [6.07, 6.45) is 3.60. The lowest BCUT2D eigenvalue weighted by atomic mass is 9.91. The van der Waals surface area contributed by atoms with Crippen LogP contribution in [0.3, 0.4) is 0 Å². The fraction of sp³-hybridized carbons (Fsp3) is 0. The van der Waals surface area contributed by atoms with Gasteiger partial charge in [-0.1, -0.05) is 109 Å². The number of hydrogen-bond acceptors (Lipinski definition) is 2. The summed E-state index contributed by atoms with van der Waals surface area (Å²) < 4.78 is 2.36. The molecule has 0 aliphatic heterocycles. The summed E-state index contributed by atoms with van der Waals surface area (Å²) in [4.78, 5) is 9.91. The Bertz CT molecular complexity index is 2510. The highest BCUT2D eigenvalue weighted by Crippen LogP contribution is 2.41. The smallest absolute Gasteiger partial charge is 0.113 e. The number of nitrogens with zero attached hydrogens (tertiary/aromatic N) is 3. The maximum atomic E-state index is 4.96. The van der Waals surface area contributed by atoms with Gasteiger partial charge in [0.05, 0.1) is 22.2 Å². The molecule has 0 atom stereocenters. The molecule has 0 saturated carbocycles. The summed E-state index contributed by atoms with van der Waals surface area (Å²) in [5.41, 5.74) is 9.79. The van der Waals surface area contributed by atoms with Crippen molar-refractivity contribution in [3.63, 3.8) is 0 Å². The Morgan fingerprint density at radius 2 is 1.00 bits per heavy atom. The standard InChI is InChI=1S/C40H25N3/c1-2-10-26(11-3-1)29-18-19-32(31-15-7-6-14-30(29)31)34-20-21-37(40-39(34)41-22-23-42-40)43-36-17-9-8-16-33(36)35-24-27-12-4-5-13-28(27)25-38(35)43/h1-25H. The molecule has 0 radical (unpaired) electrons. The average molecular weight is 548 g/mol. The van der Waals surface area contributed by atoms with Crippen LogP contribution in [0.15, 0.2) is 152 Å². The summed E-state index contributed by atoms with van der Waals surface area (Å²) in [6, 6.07) is 50.0. The van der Waals surface area contributed by atoms with Crippen molar-refractivity contribution in [1.29, 1.82) is 0 Å². The Balaban J connectivity index is 1.33. The van der Waals surface area contributed by atoms with Crippen molar-refractivity contribution < 1.29 is 0 Å². The second-order valence-electron chi connectivity index (χ2n) is 11.0. The van der Waals surface area contributed by atoms with E-state index in [0.29, 0.717) is 0 Å². The van der Waals surface area contributed by atoms with Crippen LogP contribution in [0.4, 0.5) is 0 Å². The molecule has 9 rings (SSSR count). The van der Waals surface area contributed by atoms with Gasteiger partial charge in [0, 0.05) is 28.7 Å².